The standard InChI is InChI=1S/C44H32N2O/c1-44(2)36-25-29(41-31-15-7-6-14-28(31)24-35-34-16-8-11-19-40(34)47-42(35)41)20-22-32(36)33-23-21-30(26-37(33)44)46-39-18-10-9-17-38(39)45-43(46)27-12-4-3-5-13-27/h3-26,43,45H,1-2H3. The highest BCUT2D eigenvalue weighted by Gasteiger charge is 2.38. The molecule has 1 aromatic heterocycles. The van der Waals surface area contributed by atoms with Crippen LogP contribution in [0.1, 0.15) is 36.7 Å². The van der Waals surface area contributed by atoms with Crippen molar-refractivity contribution in [2.45, 2.75) is 25.4 Å². The molecule has 0 saturated heterocycles. The van der Waals surface area contributed by atoms with Gasteiger partial charge < -0.3 is 14.6 Å². The molecule has 1 aliphatic carbocycles. The molecule has 0 fully saturated rings. The molecule has 0 radical (unpaired) electrons. The predicted octanol–water partition coefficient (Wildman–Crippen LogP) is 12.0. The molecule has 0 bridgehead atoms. The highest BCUT2D eigenvalue weighted by molar-refractivity contribution is 6.18. The van der Waals surface area contributed by atoms with Crippen LogP contribution in [0.2, 0.25) is 0 Å². The second kappa shape index (κ2) is 9.60. The number of nitrogens with one attached hydrogen (secondary N) is 1. The monoisotopic (exact) mass is 604 g/mol. The zero-order chi connectivity index (χ0) is 31.3. The molecule has 224 valence electrons. The molecule has 2 aliphatic rings. The van der Waals surface area contributed by atoms with Gasteiger partial charge in [0.25, 0.3) is 0 Å². The first-order valence-electron chi connectivity index (χ1n) is 16.4. The molecule has 1 unspecified atom stereocenters. The maximum absolute atomic E-state index is 6.62. The summed E-state index contributed by atoms with van der Waals surface area (Å²) in [7, 11) is 0. The van der Waals surface area contributed by atoms with Gasteiger partial charge in [0, 0.05) is 27.4 Å². The second-order valence-corrected chi connectivity index (χ2v) is 13.4. The van der Waals surface area contributed by atoms with Crippen LogP contribution in [0.3, 0.4) is 0 Å². The number of benzene rings is 7. The third-order valence-electron chi connectivity index (χ3n) is 10.4. The quantitative estimate of drug-likeness (QED) is 0.217. The minimum Gasteiger partial charge on any atom is -0.455 e. The third kappa shape index (κ3) is 3.74. The number of hydrogen-bond donors (Lipinski definition) is 1. The highest BCUT2D eigenvalue weighted by atomic mass is 16.3. The van der Waals surface area contributed by atoms with Gasteiger partial charge in [-0.1, -0.05) is 117 Å². The fraction of sp³-hybridized carbons (Fsp3) is 0.0909. The number of anilines is 3. The lowest BCUT2D eigenvalue weighted by atomic mass is 9.81. The summed E-state index contributed by atoms with van der Waals surface area (Å²) in [6, 6.07) is 52.8. The van der Waals surface area contributed by atoms with E-state index >= 15 is 0 Å². The number of nitrogens with zero attached hydrogens (tertiary/aromatic N) is 1. The Kier molecular flexibility index (Phi) is 5.40. The summed E-state index contributed by atoms with van der Waals surface area (Å²) >= 11 is 0. The minimum atomic E-state index is -0.191. The molecule has 10 rings (SSSR count). The molecule has 0 spiro atoms. The van der Waals surface area contributed by atoms with Gasteiger partial charge in [0.05, 0.1) is 11.4 Å². The Bertz CT molecular complexity index is 2540. The van der Waals surface area contributed by atoms with Gasteiger partial charge in [0.15, 0.2) is 0 Å². The summed E-state index contributed by atoms with van der Waals surface area (Å²) in [5.41, 5.74) is 14.1. The number of hydrogen-bond acceptors (Lipinski definition) is 3. The second-order valence-electron chi connectivity index (χ2n) is 13.4. The lowest BCUT2D eigenvalue weighted by molar-refractivity contribution is 0.659. The first-order valence-corrected chi connectivity index (χ1v) is 16.4. The number of rotatable bonds is 3. The van der Waals surface area contributed by atoms with Crippen molar-refractivity contribution in [3.63, 3.8) is 0 Å². The van der Waals surface area contributed by atoms with Gasteiger partial charge in [-0.25, -0.2) is 0 Å². The molecule has 7 aromatic carbocycles. The molecule has 47 heavy (non-hydrogen) atoms. The molecular formula is C44H32N2O. The van der Waals surface area contributed by atoms with Gasteiger partial charge in [0.1, 0.15) is 17.3 Å². The molecule has 1 N–H and O–H groups in total. The Morgan fingerprint density at radius 3 is 2.19 bits per heavy atom. The summed E-state index contributed by atoms with van der Waals surface area (Å²) in [6.07, 6.45) is 0.0164. The van der Waals surface area contributed by atoms with Crippen molar-refractivity contribution in [3.05, 3.63) is 162 Å². The van der Waals surface area contributed by atoms with Crippen LogP contribution in [-0.4, -0.2) is 0 Å². The van der Waals surface area contributed by atoms with Crippen molar-refractivity contribution in [3.8, 4) is 22.3 Å². The molecule has 3 heteroatoms. The molecule has 0 saturated carbocycles. The molecule has 1 atom stereocenters. The van der Waals surface area contributed by atoms with E-state index in [0.717, 1.165) is 33.2 Å². The fourth-order valence-corrected chi connectivity index (χ4v) is 8.15. The average molecular weight is 605 g/mol. The van der Waals surface area contributed by atoms with E-state index in [1.165, 1.54) is 55.5 Å². The topological polar surface area (TPSA) is 28.4 Å². The van der Waals surface area contributed by atoms with E-state index in [4.69, 9.17) is 4.42 Å². The molecule has 0 amide bonds. The number of fused-ring (bicyclic) bond motifs is 8. The number of furan rings is 1. The van der Waals surface area contributed by atoms with Crippen molar-refractivity contribution in [1.82, 2.24) is 0 Å². The maximum atomic E-state index is 6.62. The van der Waals surface area contributed by atoms with Gasteiger partial charge in [-0.3, -0.25) is 0 Å². The summed E-state index contributed by atoms with van der Waals surface area (Å²) in [6.45, 7) is 4.74. The highest BCUT2D eigenvalue weighted by Crippen LogP contribution is 2.54. The Balaban J connectivity index is 1.13. The van der Waals surface area contributed by atoms with Gasteiger partial charge in [-0.2, -0.15) is 0 Å². The van der Waals surface area contributed by atoms with Crippen molar-refractivity contribution in [1.29, 1.82) is 0 Å². The van der Waals surface area contributed by atoms with Crippen molar-refractivity contribution in [2.24, 2.45) is 0 Å². The van der Waals surface area contributed by atoms with E-state index < -0.39 is 0 Å². The van der Waals surface area contributed by atoms with Crippen LogP contribution in [0.5, 0.6) is 0 Å². The van der Waals surface area contributed by atoms with E-state index in [2.05, 4.69) is 164 Å². The third-order valence-corrected chi connectivity index (χ3v) is 10.4. The van der Waals surface area contributed by atoms with Crippen LogP contribution < -0.4 is 10.2 Å². The van der Waals surface area contributed by atoms with Crippen LogP contribution in [0.25, 0.3) is 55.0 Å². The lowest BCUT2D eigenvalue weighted by Crippen LogP contribution is -2.24. The molecule has 2 heterocycles. The SMILES string of the molecule is CC1(C)c2cc(-c3c4ccccc4cc4c3oc3ccccc34)ccc2-c2ccc(N3c4ccccc4NC3c3ccccc3)cc21. The Labute approximate surface area is 273 Å². The van der Waals surface area contributed by atoms with E-state index in [0.29, 0.717) is 0 Å². The van der Waals surface area contributed by atoms with Crippen LogP contribution in [0, 0.1) is 0 Å². The molecular weight excluding hydrogens is 572 g/mol. The van der Waals surface area contributed by atoms with E-state index in [1.807, 2.05) is 6.07 Å². The maximum Gasteiger partial charge on any atom is 0.143 e. The van der Waals surface area contributed by atoms with Gasteiger partial charge >= 0.3 is 0 Å². The largest absolute Gasteiger partial charge is 0.455 e. The van der Waals surface area contributed by atoms with Gasteiger partial charge in [0.2, 0.25) is 0 Å². The zero-order valence-corrected chi connectivity index (χ0v) is 26.3. The van der Waals surface area contributed by atoms with E-state index in [9.17, 15) is 0 Å². The van der Waals surface area contributed by atoms with Crippen molar-refractivity contribution < 1.29 is 4.42 Å². The fourth-order valence-electron chi connectivity index (χ4n) is 8.15. The summed E-state index contributed by atoms with van der Waals surface area (Å²) in [5, 5.41) is 8.54. The first-order chi connectivity index (χ1) is 23.1. The van der Waals surface area contributed by atoms with Crippen LogP contribution >= 0.6 is 0 Å². The summed E-state index contributed by atoms with van der Waals surface area (Å²) < 4.78 is 6.62. The Hall–Kier alpha value is -5.80. The summed E-state index contributed by atoms with van der Waals surface area (Å²) in [4.78, 5) is 2.45. The Morgan fingerprint density at radius 2 is 1.32 bits per heavy atom. The van der Waals surface area contributed by atoms with E-state index in [-0.39, 0.29) is 11.6 Å². The van der Waals surface area contributed by atoms with Gasteiger partial charge in [-0.05, 0) is 86.6 Å². The summed E-state index contributed by atoms with van der Waals surface area (Å²) in [5.74, 6) is 0. The molecule has 3 nitrogen and oxygen atoms in total. The van der Waals surface area contributed by atoms with Gasteiger partial charge in [-0.15, -0.1) is 0 Å². The smallest absolute Gasteiger partial charge is 0.143 e. The Morgan fingerprint density at radius 1 is 0.617 bits per heavy atom. The number of para-hydroxylation sites is 3. The molecule has 1 aliphatic heterocycles. The lowest BCUT2D eigenvalue weighted by Gasteiger charge is -2.29. The average Bonchev–Trinajstić information content (AvgIpc) is 3.75. The normalized spacial score (nSPS) is 16.0. The zero-order valence-electron chi connectivity index (χ0n) is 26.3. The molecule has 8 aromatic rings. The van der Waals surface area contributed by atoms with Crippen LogP contribution in [0.4, 0.5) is 17.1 Å². The van der Waals surface area contributed by atoms with Crippen LogP contribution in [0.15, 0.2) is 150 Å². The minimum absolute atomic E-state index is 0.0164. The van der Waals surface area contributed by atoms with Crippen LogP contribution in [-0.2, 0) is 5.41 Å². The van der Waals surface area contributed by atoms with Crippen molar-refractivity contribution >= 4 is 49.8 Å². The van der Waals surface area contributed by atoms with E-state index in [1.54, 1.807) is 0 Å². The first kappa shape index (κ1) is 26.4. The van der Waals surface area contributed by atoms with Crippen molar-refractivity contribution in [2.75, 3.05) is 10.2 Å². The predicted molar refractivity (Wildman–Crippen MR) is 196 cm³/mol.